The molecule has 0 unspecified atom stereocenters. The van der Waals surface area contributed by atoms with Crippen molar-refractivity contribution < 1.29 is 4.79 Å². The summed E-state index contributed by atoms with van der Waals surface area (Å²) < 4.78 is 0. The zero-order chi connectivity index (χ0) is 10.7. The van der Waals surface area contributed by atoms with Gasteiger partial charge in [0.1, 0.15) is 0 Å². The van der Waals surface area contributed by atoms with Gasteiger partial charge in [-0.15, -0.1) is 0 Å². The van der Waals surface area contributed by atoms with Gasteiger partial charge in [-0.25, -0.2) is 5.43 Å². The summed E-state index contributed by atoms with van der Waals surface area (Å²) in [5, 5.41) is 2.79. The fraction of sp³-hybridized carbons (Fsp3) is 0.364. The maximum absolute atomic E-state index is 10.9. The summed E-state index contributed by atoms with van der Waals surface area (Å²) in [6.07, 6.45) is 2.13. The van der Waals surface area contributed by atoms with E-state index in [4.69, 9.17) is 0 Å². The molecule has 4 heteroatoms. The molecule has 0 spiro atoms. The molecule has 0 aliphatic carbocycles. The molecule has 0 aromatic heterocycles. The Balaban J connectivity index is 2.23. The predicted molar refractivity (Wildman–Crippen MR) is 60.7 cm³/mol. The molecule has 1 aromatic rings. The molecule has 1 heterocycles. The van der Waals surface area contributed by atoms with Crippen LogP contribution in [0.1, 0.15) is 18.9 Å². The van der Waals surface area contributed by atoms with Gasteiger partial charge in [-0.2, -0.15) is 0 Å². The topological polar surface area (TPSA) is 53.2 Å². The second-order valence-corrected chi connectivity index (χ2v) is 3.71. The van der Waals surface area contributed by atoms with Crippen molar-refractivity contribution in [2.45, 2.75) is 19.8 Å². The fourth-order valence-electron chi connectivity index (χ4n) is 1.73. The van der Waals surface area contributed by atoms with Crippen molar-refractivity contribution in [2.24, 2.45) is 0 Å². The van der Waals surface area contributed by atoms with Gasteiger partial charge in [0.2, 0.25) is 5.91 Å². The molecule has 1 aromatic carbocycles. The number of amides is 1. The van der Waals surface area contributed by atoms with Crippen LogP contribution in [0.2, 0.25) is 0 Å². The summed E-state index contributed by atoms with van der Waals surface area (Å²) in [6.45, 7) is 2.48. The Kier molecular flexibility index (Phi) is 2.87. The average molecular weight is 205 g/mol. The lowest BCUT2D eigenvalue weighted by atomic mass is 10.1. The van der Waals surface area contributed by atoms with Crippen molar-refractivity contribution in [3.63, 3.8) is 0 Å². The number of hydrazine groups is 1. The number of rotatable bonds is 1. The summed E-state index contributed by atoms with van der Waals surface area (Å²) in [6, 6.07) is 5.91. The van der Waals surface area contributed by atoms with Crippen molar-refractivity contribution in [1.82, 2.24) is 5.43 Å². The lowest BCUT2D eigenvalue weighted by molar-refractivity contribution is -0.114. The molecule has 0 saturated heterocycles. The first kappa shape index (κ1) is 9.98. The molecule has 0 bridgehead atoms. The third-order valence-corrected chi connectivity index (χ3v) is 2.40. The number of fused-ring (bicyclic) bond motifs is 1. The lowest BCUT2D eigenvalue weighted by Gasteiger charge is -2.09. The third-order valence-electron chi connectivity index (χ3n) is 2.40. The lowest BCUT2D eigenvalue weighted by Crippen LogP contribution is -2.20. The third kappa shape index (κ3) is 2.47. The van der Waals surface area contributed by atoms with Crippen LogP contribution in [-0.2, 0) is 11.2 Å². The molecule has 0 fully saturated rings. The van der Waals surface area contributed by atoms with Gasteiger partial charge in [-0.1, -0.05) is 0 Å². The molecule has 0 atom stereocenters. The highest BCUT2D eigenvalue weighted by atomic mass is 16.1. The van der Waals surface area contributed by atoms with Crippen molar-refractivity contribution in [2.75, 3.05) is 17.3 Å². The van der Waals surface area contributed by atoms with Gasteiger partial charge >= 0.3 is 0 Å². The van der Waals surface area contributed by atoms with Crippen molar-refractivity contribution in [3.05, 3.63) is 23.8 Å². The van der Waals surface area contributed by atoms with Gasteiger partial charge in [0.15, 0.2) is 0 Å². The first-order valence-electron chi connectivity index (χ1n) is 5.15. The van der Waals surface area contributed by atoms with Gasteiger partial charge in [-0.3, -0.25) is 4.79 Å². The Morgan fingerprint density at radius 3 is 3.13 bits per heavy atom. The molecular weight excluding hydrogens is 190 g/mol. The summed E-state index contributed by atoms with van der Waals surface area (Å²) >= 11 is 0. The molecule has 3 N–H and O–H groups in total. The number of hydrogen-bond acceptors (Lipinski definition) is 3. The second-order valence-electron chi connectivity index (χ2n) is 3.71. The van der Waals surface area contributed by atoms with Gasteiger partial charge in [0.05, 0.1) is 5.69 Å². The molecule has 1 aliphatic heterocycles. The maximum atomic E-state index is 10.9. The average Bonchev–Trinajstić information content (AvgIpc) is 2.41. The van der Waals surface area contributed by atoms with Crippen LogP contribution in [0.3, 0.4) is 0 Å². The predicted octanol–water partition coefficient (Wildman–Crippen LogP) is 1.51. The highest BCUT2D eigenvalue weighted by Gasteiger charge is 2.07. The zero-order valence-corrected chi connectivity index (χ0v) is 8.76. The highest BCUT2D eigenvalue weighted by Crippen LogP contribution is 2.22. The minimum atomic E-state index is -0.0327. The van der Waals surface area contributed by atoms with Crippen LogP contribution in [0.4, 0.5) is 11.4 Å². The molecular formula is C11H15N3O. The Morgan fingerprint density at radius 1 is 1.47 bits per heavy atom. The van der Waals surface area contributed by atoms with Crippen molar-refractivity contribution >= 4 is 17.3 Å². The van der Waals surface area contributed by atoms with E-state index in [-0.39, 0.29) is 5.91 Å². The minimum absolute atomic E-state index is 0.0327. The molecule has 2 rings (SSSR count). The van der Waals surface area contributed by atoms with E-state index in [0.29, 0.717) is 0 Å². The number of aryl methyl sites for hydroxylation is 1. The summed E-state index contributed by atoms with van der Waals surface area (Å²) in [5.41, 5.74) is 9.48. The normalized spacial score (nSPS) is 14.7. The summed E-state index contributed by atoms with van der Waals surface area (Å²) in [4.78, 5) is 10.9. The Morgan fingerprint density at radius 2 is 2.33 bits per heavy atom. The standard InChI is InChI=1S/C11H15N3O/c1-8(15)13-10-4-5-11-9(7-10)3-2-6-12-14-11/h4-5,7,12,14H,2-3,6H2,1H3,(H,13,15). The Bertz CT molecular complexity index is 376. The maximum Gasteiger partial charge on any atom is 0.221 e. The fourth-order valence-corrected chi connectivity index (χ4v) is 1.73. The number of carbonyl (C=O) groups excluding carboxylic acids is 1. The molecule has 4 nitrogen and oxygen atoms in total. The summed E-state index contributed by atoms with van der Waals surface area (Å²) in [7, 11) is 0. The number of nitrogens with one attached hydrogen (secondary N) is 3. The van der Waals surface area contributed by atoms with E-state index in [1.165, 1.54) is 12.5 Å². The molecule has 80 valence electrons. The van der Waals surface area contributed by atoms with Gasteiger partial charge < -0.3 is 10.7 Å². The molecule has 1 aliphatic rings. The van der Waals surface area contributed by atoms with Crippen LogP contribution in [0.25, 0.3) is 0 Å². The number of anilines is 2. The van der Waals surface area contributed by atoms with Crippen LogP contribution in [0.15, 0.2) is 18.2 Å². The van der Waals surface area contributed by atoms with Crippen LogP contribution in [0.5, 0.6) is 0 Å². The highest BCUT2D eigenvalue weighted by molar-refractivity contribution is 5.89. The smallest absolute Gasteiger partial charge is 0.221 e. The van der Waals surface area contributed by atoms with E-state index >= 15 is 0 Å². The van der Waals surface area contributed by atoms with Crippen molar-refractivity contribution in [3.8, 4) is 0 Å². The van der Waals surface area contributed by atoms with E-state index in [9.17, 15) is 4.79 Å². The van der Waals surface area contributed by atoms with Crippen molar-refractivity contribution in [1.29, 1.82) is 0 Å². The van der Waals surface area contributed by atoms with Crippen LogP contribution < -0.4 is 16.2 Å². The van der Waals surface area contributed by atoms with Gasteiger partial charge in [0, 0.05) is 19.2 Å². The SMILES string of the molecule is CC(=O)Nc1ccc2c(c1)CCCNN2. The molecule has 1 amide bonds. The second kappa shape index (κ2) is 4.31. The van der Waals surface area contributed by atoms with E-state index < -0.39 is 0 Å². The quantitative estimate of drug-likeness (QED) is 0.651. The first-order chi connectivity index (χ1) is 7.25. The first-order valence-corrected chi connectivity index (χ1v) is 5.15. The van der Waals surface area contributed by atoms with Gasteiger partial charge in [-0.05, 0) is 36.6 Å². The van der Waals surface area contributed by atoms with Crippen LogP contribution in [-0.4, -0.2) is 12.5 Å². The van der Waals surface area contributed by atoms with E-state index in [2.05, 4.69) is 16.2 Å². The largest absolute Gasteiger partial charge is 0.326 e. The van der Waals surface area contributed by atoms with Crippen LogP contribution in [0, 0.1) is 0 Å². The monoisotopic (exact) mass is 205 g/mol. The Hall–Kier alpha value is -1.55. The van der Waals surface area contributed by atoms with Gasteiger partial charge in [0.25, 0.3) is 0 Å². The molecule has 0 radical (unpaired) electrons. The van der Waals surface area contributed by atoms with E-state index in [0.717, 1.165) is 30.8 Å². The zero-order valence-electron chi connectivity index (χ0n) is 8.76. The molecule has 15 heavy (non-hydrogen) atoms. The number of carbonyl (C=O) groups is 1. The Labute approximate surface area is 89.0 Å². The van der Waals surface area contributed by atoms with Crippen LogP contribution >= 0.6 is 0 Å². The van der Waals surface area contributed by atoms with E-state index in [1.807, 2.05) is 18.2 Å². The number of hydrogen-bond donors (Lipinski definition) is 3. The minimum Gasteiger partial charge on any atom is -0.326 e. The molecule has 0 saturated carbocycles. The summed E-state index contributed by atoms with van der Waals surface area (Å²) in [5.74, 6) is -0.0327. The van der Waals surface area contributed by atoms with E-state index in [1.54, 1.807) is 0 Å². The number of benzene rings is 1.